The zero-order valence-corrected chi connectivity index (χ0v) is 17.2. The van der Waals surface area contributed by atoms with Gasteiger partial charge in [0.05, 0.1) is 0 Å². The van der Waals surface area contributed by atoms with Crippen LogP contribution in [0, 0.1) is 28.6 Å². The maximum absolute atomic E-state index is 12.3. The highest BCUT2D eigenvalue weighted by Crippen LogP contribution is 2.66. The average molecular weight is 371 g/mol. The predicted molar refractivity (Wildman–Crippen MR) is 104 cm³/mol. The molecule has 1 heterocycles. The second-order valence-electron chi connectivity index (χ2n) is 10.7. The zero-order chi connectivity index (χ0) is 19.0. The molecule has 0 aromatic rings. The molecule has 3 saturated carbocycles. The third-order valence-corrected chi connectivity index (χ3v) is 10.0. The number of hydrogen-bond donors (Lipinski definition) is 0. The summed E-state index contributed by atoms with van der Waals surface area (Å²) in [6.07, 6.45) is 11.7. The van der Waals surface area contributed by atoms with Gasteiger partial charge in [0.25, 0.3) is 0 Å². The molecule has 3 heteroatoms. The molecule has 0 radical (unpaired) electrons. The van der Waals surface area contributed by atoms with Crippen molar-refractivity contribution in [1.82, 2.24) is 0 Å². The number of allylic oxidation sites excluding steroid dienone is 2. The molecule has 3 unspecified atom stereocenters. The quantitative estimate of drug-likeness (QED) is 0.538. The summed E-state index contributed by atoms with van der Waals surface area (Å²) in [7, 11) is 0. The van der Waals surface area contributed by atoms with Gasteiger partial charge in [-0.3, -0.25) is 9.59 Å². The lowest BCUT2D eigenvalue weighted by atomic mass is 9.54. The second-order valence-corrected chi connectivity index (χ2v) is 10.7. The van der Waals surface area contributed by atoms with E-state index in [1.807, 2.05) is 0 Å². The number of carbonyl (C=O) groups is 2. The van der Waals surface area contributed by atoms with Crippen molar-refractivity contribution in [3.05, 3.63) is 11.1 Å². The number of esters is 1. The Hall–Kier alpha value is -1.12. The van der Waals surface area contributed by atoms with E-state index < -0.39 is 0 Å². The summed E-state index contributed by atoms with van der Waals surface area (Å²) in [5.74, 6) is 2.57. The van der Waals surface area contributed by atoms with E-state index in [0.29, 0.717) is 24.0 Å². The Morgan fingerprint density at radius 3 is 2.48 bits per heavy atom. The van der Waals surface area contributed by atoms with Crippen LogP contribution in [0.2, 0.25) is 0 Å². The van der Waals surface area contributed by atoms with Gasteiger partial charge in [-0.05, 0) is 93.5 Å². The van der Waals surface area contributed by atoms with Crippen LogP contribution in [0.5, 0.6) is 0 Å². The van der Waals surface area contributed by atoms with E-state index in [0.717, 1.165) is 43.6 Å². The fraction of sp³-hybridized carbons (Fsp3) is 0.833. The van der Waals surface area contributed by atoms with E-state index in [-0.39, 0.29) is 22.4 Å². The van der Waals surface area contributed by atoms with Crippen LogP contribution in [0.25, 0.3) is 0 Å². The Morgan fingerprint density at radius 1 is 0.926 bits per heavy atom. The molecule has 0 bridgehead atoms. The molecule has 5 rings (SSSR count). The lowest BCUT2D eigenvalue weighted by Gasteiger charge is -2.50. The van der Waals surface area contributed by atoms with Crippen molar-refractivity contribution in [3.63, 3.8) is 0 Å². The van der Waals surface area contributed by atoms with E-state index in [1.165, 1.54) is 37.7 Å². The smallest absolute Gasteiger partial charge is 0.306 e. The van der Waals surface area contributed by atoms with Crippen LogP contribution in [-0.4, -0.2) is 17.4 Å². The van der Waals surface area contributed by atoms with Gasteiger partial charge in [0.1, 0.15) is 5.60 Å². The number of hydrogen-bond acceptors (Lipinski definition) is 3. The van der Waals surface area contributed by atoms with Gasteiger partial charge in [0.2, 0.25) is 0 Å². The van der Waals surface area contributed by atoms with Crippen molar-refractivity contribution < 1.29 is 14.3 Å². The minimum Gasteiger partial charge on any atom is -0.458 e. The summed E-state index contributed by atoms with van der Waals surface area (Å²) in [5.41, 5.74) is 2.75. The first-order valence-corrected chi connectivity index (χ1v) is 11.2. The molecule has 0 amide bonds. The molecule has 148 valence electrons. The van der Waals surface area contributed by atoms with Crippen LogP contribution in [0.1, 0.15) is 91.4 Å². The Morgan fingerprint density at radius 2 is 1.74 bits per heavy atom. The summed E-state index contributed by atoms with van der Waals surface area (Å²) >= 11 is 0. The fourth-order valence-electron chi connectivity index (χ4n) is 8.29. The molecule has 3 nitrogen and oxygen atoms in total. The first-order chi connectivity index (χ1) is 12.8. The highest BCUT2D eigenvalue weighted by molar-refractivity contribution is 5.96. The molecule has 0 N–H and O–H groups in total. The minimum absolute atomic E-state index is 0.0251. The van der Waals surface area contributed by atoms with Crippen molar-refractivity contribution in [2.24, 2.45) is 28.6 Å². The molecule has 0 aromatic heterocycles. The maximum atomic E-state index is 12.3. The molecular weight excluding hydrogens is 336 g/mol. The SMILES string of the molecule is CC1=C2CCC3CC4CC[C@@]5(CCC(=O)O5)[C@@]4(C)CCC3[C@@]2(C)CCC1=O. The third kappa shape index (κ3) is 2.26. The van der Waals surface area contributed by atoms with Gasteiger partial charge >= 0.3 is 5.97 Å². The van der Waals surface area contributed by atoms with E-state index in [1.54, 1.807) is 0 Å². The lowest BCUT2D eigenvalue weighted by molar-refractivity contribution is -0.159. The molecule has 5 aliphatic rings. The molecular formula is C24H34O3. The van der Waals surface area contributed by atoms with Gasteiger partial charge in [-0.1, -0.05) is 19.4 Å². The first kappa shape index (κ1) is 17.9. The summed E-state index contributed by atoms with van der Waals surface area (Å²) in [5, 5.41) is 0. The van der Waals surface area contributed by atoms with E-state index >= 15 is 0 Å². The van der Waals surface area contributed by atoms with Crippen LogP contribution in [0.3, 0.4) is 0 Å². The Bertz CT molecular complexity index is 736. The number of carbonyl (C=O) groups excluding carboxylic acids is 2. The van der Waals surface area contributed by atoms with Crippen molar-refractivity contribution in [2.45, 2.75) is 97.0 Å². The Kier molecular flexibility index (Phi) is 3.79. The van der Waals surface area contributed by atoms with Crippen LogP contribution >= 0.6 is 0 Å². The molecule has 4 aliphatic carbocycles. The van der Waals surface area contributed by atoms with Crippen LogP contribution in [0.4, 0.5) is 0 Å². The molecule has 27 heavy (non-hydrogen) atoms. The van der Waals surface area contributed by atoms with Crippen molar-refractivity contribution >= 4 is 11.8 Å². The van der Waals surface area contributed by atoms with Gasteiger partial charge in [0, 0.05) is 18.3 Å². The van der Waals surface area contributed by atoms with Crippen molar-refractivity contribution in [2.75, 3.05) is 0 Å². The topological polar surface area (TPSA) is 43.4 Å². The molecule has 6 atom stereocenters. The van der Waals surface area contributed by atoms with Gasteiger partial charge in [-0.25, -0.2) is 0 Å². The molecule has 1 aliphatic heterocycles. The molecule has 4 fully saturated rings. The van der Waals surface area contributed by atoms with Gasteiger partial charge in [-0.2, -0.15) is 0 Å². The molecule has 0 aromatic carbocycles. The molecule has 1 saturated heterocycles. The standard InChI is InChI=1S/C24H34O3/c1-15-18-5-4-16-14-17-6-12-24(13-9-21(26)27-24)23(17,3)11-7-19(16)22(18,2)10-8-20(15)25/h16-17,19H,4-14H2,1-3H3/t16?,17?,19?,22-,23-,24+/m0/s1. The Labute approximate surface area is 163 Å². The summed E-state index contributed by atoms with van der Waals surface area (Å²) in [6.45, 7) is 6.98. The minimum atomic E-state index is -0.180. The number of Topliss-reactive ketones (excluding diaryl/α,β-unsaturated/α-hetero) is 1. The van der Waals surface area contributed by atoms with Crippen molar-refractivity contribution in [1.29, 1.82) is 0 Å². The number of ketones is 1. The average Bonchev–Trinajstić information content (AvgIpc) is 3.08. The van der Waals surface area contributed by atoms with Gasteiger partial charge < -0.3 is 4.74 Å². The number of fused-ring (bicyclic) bond motifs is 5. The zero-order valence-electron chi connectivity index (χ0n) is 17.2. The van der Waals surface area contributed by atoms with E-state index in [2.05, 4.69) is 20.8 Å². The Balaban J connectivity index is 1.49. The van der Waals surface area contributed by atoms with Crippen LogP contribution in [0.15, 0.2) is 11.1 Å². The van der Waals surface area contributed by atoms with E-state index in [4.69, 9.17) is 4.74 Å². The van der Waals surface area contributed by atoms with Crippen LogP contribution < -0.4 is 0 Å². The van der Waals surface area contributed by atoms with Crippen molar-refractivity contribution in [3.8, 4) is 0 Å². The summed E-state index contributed by atoms with van der Waals surface area (Å²) in [4.78, 5) is 24.3. The third-order valence-electron chi connectivity index (χ3n) is 10.0. The summed E-state index contributed by atoms with van der Waals surface area (Å²) < 4.78 is 6.06. The summed E-state index contributed by atoms with van der Waals surface area (Å²) in [6, 6.07) is 0. The number of ether oxygens (including phenoxy) is 1. The number of rotatable bonds is 0. The highest BCUT2D eigenvalue weighted by atomic mass is 16.6. The second kappa shape index (κ2) is 5.70. The van der Waals surface area contributed by atoms with E-state index in [9.17, 15) is 9.59 Å². The predicted octanol–water partition coefficient (Wildman–Crippen LogP) is 5.37. The normalized spacial score (nSPS) is 49.5. The largest absolute Gasteiger partial charge is 0.458 e. The van der Waals surface area contributed by atoms with Gasteiger partial charge in [0.15, 0.2) is 5.78 Å². The lowest BCUT2D eigenvalue weighted by Crippen LogP contribution is -2.44. The van der Waals surface area contributed by atoms with Crippen LogP contribution in [-0.2, 0) is 14.3 Å². The molecule has 1 spiro atoms. The maximum Gasteiger partial charge on any atom is 0.306 e. The highest BCUT2D eigenvalue weighted by Gasteiger charge is 2.63. The first-order valence-electron chi connectivity index (χ1n) is 11.2. The fourth-order valence-corrected chi connectivity index (χ4v) is 8.29. The monoisotopic (exact) mass is 370 g/mol. The van der Waals surface area contributed by atoms with Gasteiger partial charge in [-0.15, -0.1) is 0 Å².